The van der Waals surface area contributed by atoms with Crippen molar-refractivity contribution in [1.82, 2.24) is 5.32 Å². The van der Waals surface area contributed by atoms with Crippen LogP contribution >= 0.6 is 30.3 Å². The van der Waals surface area contributed by atoms with Gasteiger partial charge >= 0.3 is 0 Å². The Balaban J connectivity index is 2.66. The Morgan fingerprint density at radius 2 is 2.21 bits per heavy atom. The van der Waals surface area contributed by atoms with Crippen LogP contribution in [0.5, 0.6) is 0 Å². The zero-order valence-electron chi connectivity index (χ0n) is 10.4. The zero-order chi connectivity index (χ0) is 14.2. The number of likely N-dealkylation sites (N-methyl/N-ethyl adjacent to an activating group) is 1. The van der Waals surface area contributed by atoms with Crippen LogP contribution in [0, 0.1) is 0 Å². The third-order valence-corrected chi connectivity index (χ3v) is 5.52. The van der Waals surface area contributed by atoms with E-state index in [0.717, 1.165) is 10.1 Å². The summed E-state index contributed by atoms with van der Waals surface area (Å²) < 4.78 is 12.9. The Morgan fingerprint density at radius 3 is 2.79 bits per heavy atom. The van der Waals surface area contributed by atoms with E-state index in [0.29, 0.717) is 10.6 Å². The van der Waals surface area contributed by atoms with Crippen molar-refractivity contribution >= 4 is 46.3 Å². The van der Waals surface area contributed by atoms with Crippen LogP contribution in [0.4, 0.5) is 0 Å². The van der Waals surface area contributed by atoms with Crippen molar-refractivity contribution in [2.24, 2.45) is 0 Å². The van der Waals surface area contributed by atoms with Crippen LogP contribution in [0.3, 0.4) is 0 Å². The van der Waals surface area contributed by atoms with Crippen LogP contribution in [0.2, 0.25) is 5.02 Å². The van der Waals surface area contributed by atoms with Crippen LogP contribution in [0.25, 0.3) is 10.1 Å². The van der Waals surface area contributed by atoms with Crippen LogP contribution in [-0.4, -0.2) is 24.5 Å². The molecule has 19 heavy (non-hydrogen) atoms. The quantitative estimate of drug-likeness (QED) is 0.854. The molecule has 1 aromatic carbocycles. The molecule has 7 heteroatoms. The second-order valence-corrected chi connectivity index (χ2v) is 8.04. The van der Waals surface area contributed by atoms with Gasteiger partial charge in [0.1, 0.15) is 5.66 Å². The van der Waals surface area contributed by atoms with Gasteiger partial charge in [-0.05, 0) is 34.5 Å². The van der Waals surface area contributed by atoms with Crippen molar-refractivity contribution in [3.63, 3.8) is 0 Å². The summed E-state index contributed by atoms with van der Waals surface area (Å²) in [5, 5.41) is 5.47. The molecule has 0 saturated carbocycles. The van der Waals surface area contributed by atoms with Gasteiger partial charge in [0.15, 0.2) is 0 Å². The number of fused-ring (bicyclic) bond motifs is 1. The van der Waals surface area contributed by atoms with Crippen LogP contribution in [0.15, 0.2) is 23.6 Å². The van der Waals surface area contributed by atoms with E-state index in [1.165, 1.54) is 25.0 Å². The van der Waals surface area contributed by atoms with Gasteiger partial charge in [-0.2, -0.15) is 0 Å². The number of halogens is 1. The van der Waals surface area contributed by atoms with Crippen LogP contribution < -0.4 is 5.32 Å². The Morgan fingerprint density at radius 1 is 1.53 bits per heavy atom. The molecule has 0 radical (unpaired) electrons. The Bertz CT molecular complexity index is 679. The summed E-state index contributed by atoms with van der Waals surface area (Å²) in [6.07, 6.45) is 0. The largest absolute Gasteiger partial charge is 0.358 e. The van der Waals surface area contributed by atoms with Gasteiger partial charge in [0, 0.05) is 23.4 Å². The van der Waals surface area contributed by atoms with E-state index < -0.39 is 18.9 Å². The molecular formula is C12H13ClNO3PS. The van der Waals surface area contributed by atoms with Crippen molar-refractivity contribution in [3.8, 4) is 0 Å². The standard InChI is InChI=1S/C12H13ClNO3PS/c1-14-12(15)11(18(2,16)17)9-6-19-10-4-3-7(13)5-8(9)10/h3-6,11H,1-2H3,(H,14,15)(H,16,17). The van der Waals surface area contributed by atoms with E-state index in [1.54, 1.807) is 17.5 Å². The summed E-state index contributed by atoms with van der Waals surface area (Å²) in [5.74, 6) is -0.465. The molecule has 4 nitrogen and oxygen atoms in total. The molecule has 0 bridgehead atoms. The minimum Gasteiger partial charge on any atom is -0.358 e. The molecule has 0 fully saturated rings. The maximum absolute atomic E-state index is 12.0. The minimum absolute atomic E-state index is 0.465. The fraction of sp³-hybridized carbons (Fsp3) is 0.250. The van der Waals surface area contributed by atoms with E-state index in [4.69, 9.17) is 11.6 Å². The van der Waals surface area contributed by atoms with Gasteiger partial charge in [0.2, 0.25) is 13.3 Å². The summed E-state index contributed by atoms with van der Waals surface area (Å²) in [6, 6.07) is 5.31. The summed E-state index contributed by atoms with van der Waals surface area (Å²) in [5.41, 5.74) is -0.514. The Hall–Kier alpha value is -0.870. The van der Waals surface area contributed by atoms with Crippen molar-refractivity contribution in [1.29, 1.82) is 0 Å². The molecule has 0 aliphatic heterocycles. The lowest BCUT2D eigenvalue weighted by atomic mass is 10.1. The molecule has 0 saturated heterocycles. The minimum atomic E-state index is -3.61. The van der Waals surface area contributed by atoms with Crippen molar-refractivity contribution < 1.29 is 14.3 Å². The van der Waals surface area contributed by atoms with Crippen LogP contribution in [0.1, 0.15) is 11.2 Å². The Kier molecular flexibility index (Phi) is 4.02. The molecule has 0 aliphatic carbocycles. The predicted octanol–water partition coefficient (Wildman–Crippen LogP) is 3.24. The molecular weight excluding hydrogens is 305 g/mol. The molecule has 1 aromatic heterocycles. The molecule has 2 N–H and O–H groups in total. The highest BCUT2D eigenvalue weighted by atomic mass is 35.5. The normalized spacial score (nSPS) is 16.0. The highest BCUT2D eigenvalue weighted by molar-refractivity contribution is 7.58. The maximum Gasteiger partial charge on any atom is 0.237 e. The van der Waals surface area contributed by atoms with E-state index in [9.17, 15) is 14.3 Å². The van der Waals surface area contributed by atoms with Gasteiger partial charge in [0.25, 0.3) is 0 Å². The number of carbonyl (C=O) groups excluding carboxylic acids is 1. The third-order valence-electron chi connectivity index (χ3n) is 2.83. The highest BCUT2D eigenvalue weighted by Crippen LogP contribution is 2.54. The van der Waals surface area contributed by atoms with Gasteiger partial charge in [-0.3, -0.25) is 9.36 Å². The predicted molar refractivity (Wildman–Crippen MR) is 79.4 cm³/mol. The first kappa shape index (κ1) is 14.5. The fourth-order valence-electron chi connectivity index (χ4n) is 1.99. The highest BCUT2D eigenvalue weighted by Gasteiger charge is 2.35. The molecule has 2 aromatic rings. The molecule has 0 aliphatic rings. The number of benzene rings is 1. The lowest BCUT2D eigenvalue weighted by molar-refractivity contribution is -0.120. The van der Waals surface area contributed by atoms with Crippen molar-refractivity contribution in [2.45, 2.75) is 5.66 Å². The molecule has 1 amide bonds. The van der Waals surface area contributed by atoms with E-state index in [1.807, 2.05) is 6.07 Å². The first-order valence-electron chi connectivity index (χ1n) is 5.52. The molecule has 1 heterocycles. The maximum atomic E-state index is 12.0. The molecule has 102 valence electrons. The van der Waals surface area contributed by atoms with E-state index >= 15 is 0 Å². The van der Waals surface area contributed by atoms with Crippen molar-refractivity contribution in [3.05, 3.63) is 34.2 Å². The number of rotatable bonds is 3. The smallest absolute Gasteiger partial charge is 0.237 e. The number of hydrogen-bond acceptors (Lipinski definition) is 3. The van der Waals surface area contributed by atoms with Gasteiger partial charge in [-0.1, -0.05) is 11.6 Å². The zero-order valence-corrected chi connectivity index (χ0v) is 12.9. The summed E-state index contributed by atoms with van der Waals surface area (Å²) in [6.45, 7) is 1.20. The SMILES string of the molecule is CNC(=O)C(c1csc2ccc(Cl)cc12)P(C)(=O)O. The average molecular weight is 318 g/mol. The number of nitrogens with one attached hydrogen (secondary N) is 1. The van der Waals surface area contributed by atoms with Gasteiger partial charge in [0.05, 0.1) is 0 Å². The number of amides is 1. The molecule has 2 rings (SSSR count). The van der Waals surface area contributed by atoms with Crippen molar-refractivity contribution in [2.75, 3.05) is 13.7 Å². The second kappa shape index (κ2) is 5.25. The van der Waals surface area contributed by atoms with Gasteiger partial charge < -0.3 is 10.2 Å². The lowest BCUT2D eigenvalue weighted by Crippen LogP contribution is -2.25. The van der Waals surface area contributed by atoms with Crippen LogP contribution in [-0.2, 0) is 9.36 Å². The fourth-order valence-corrected chi connectivity index (χ4v) is 4.52. The average Bonchev–Trinajstić information content (AvgIpc) is 2.70. The van der Waals surface area contributed by atoms with E-state index in [2.05, 4.69) is 5.32 Å². The van der Waals surface area contributed by atoms with E-state index in [-0.39, 0.29) is 0 Å². The topological polar surface area (TPSA) is 66.4 Å². The molecule has 2 unspecified atom stereocenters. The summed E-state index contributed by atoms with van der Waals surface area (Å²) in [7, 11) is -2.15. The lowest BCUT2D eigenvalue weighted by Gasteiger charge is -2.18. The number of hydrogen-bond donors (Lipinski definition) is 2. The number of thiophene rings is 1. The first-order chi connectivity index (χ1) is 8.84. The van der Waals surface area contributed by atoms with Gasteiger partial charge in [-0.15, -0.1) is 11.3 Å². The first-order valence-corrected chi connectivity index (χ1v) is 8.96. The monoisotopic (exact) mass is 317 g/mol. The Labute approximate surface area is 119 Å². The second-order valence-electron chi connectivity index (χ2n) is 4.29. The number of carbonyl (C=O) groups is 1. The third kappa shape index (κ3) is 2.84. The molecule has 0 spiro atoms. The molecule has 2 atom stereocenters. The summed E-state index contributed by atoms with van der Waals surface area (Å²) in [4.78, 5) is 21.8. The van der Waals surface area contributed by atoms with Gasteiger partial charge in [-0.25, -0.2) is 0 Å². The summed E-state index contributed by atoms with van der Waals surface area (Å²) >= 11 is 7.38.